The van der Waals surface area contributed by atoms with Gasteiger partial charge in [-0.1, -0.05) is 24.3 Å². The Morgan fingerprint density at radius 2 is 1.75 bits per heavy atom. The van der Waals surface area contributed by atoms with E-state index >= 15 is 0 Å². The molecule has 0 aliphatic carbocycles. The van der Waals surface area contributed by atoms with E-state index in [1.165, 1.54) is 10.8 Å². The van der Waals surface area contributed by atoms with E-state index in [9.17, 15) is 0 Å². The Bertz CT molecular complexity index is 518. The van der Waals surface area contributed by atoms with Gasteiger partial charge in [0.15, 0.2) is 0 Å². The number of fused-ring (bicyclic) bond motifs is 1. The number of anilines is 2. The SMILES string of the molecule is CNc1c(C)nc(N(C)C)c2ccccc12. The second-order valence-electron chi connectivity index (χ2n) is 4.09. The number of hydrogen-bond donors (Lipinski definition) is 1. The van der Waals surface area contributed by atoms with Crippen LogP contribution in [0, 0.1) is 6.92 Å². The zero-order chi connectivity index (χ0) is 11.7. The van der Waals surface area contributed by atoms with Crippen LogP contribution in [0.15, 0.2) is 24.3 Å². The van der Waals surface area contributed by atoms with Crippen molar-refractivity contribution in [3.63, 3.8) is 0 Å². The number of aryl methyl sites for hydroxylation is 1. The van der Waals surface area contributed by atoms with Crippen molar-refractivity contribution in [1.82, 2.24) is 4.98 Å². The highest BCUT2D eigenvalue weighted by molar-refractivity contribution is 6.01. The van der Waals surface area contributed by atoms with Crippen LogP contribution in [0.2, 0.25) is 0 Å². The third-order valence-corrected chi connectivity index (χ3v) is 2.75. The summed E-state index contributed by atoms with van der Waals surface area (Å²) in [6.07, 6.45) is 0. The van der Waals surface area contributed by atoms with Crippen LogP contribution < -0.4 is 10.2 Å². The smallest absolute Gasteiger partial charge is 0.136 e. The van der Waals surface area contributed by atoms with Gasteiger partial charge in [-0.05, 0) is 6.92 Å². The Kier molecular flexibility index (Phi) is 2.69. The molecular weight excluding hydrogens is 198 g/mol. The summed E-state index contributed by atoms with van der Waals surface area (Å²) in [6.45, 7) is 2.03. The minimum atomic E-state index is 1.02. The van der Waals surface area contributed by atoms with E-state index in [0.29, 0.717) is 0 Å². The molecule has 0 aliphatic heterocycles. The first-order valence-electron chi connectivity index (χ1n) is 5.39. The lowest BCUT2D eigenvalue weighted by molar-refractivity contribution is 1.06. The number of nitrogens with zero attached hydrogens (tertiary/aromatic N) is 2. The van der Waals surface area contributed by atoms with Gasteiger partial charge in [0.25, 0.3) is 0 Å². The summed E-state index contributed by atoms with van der Waals surface area (Å²) in [5.74, 6) is 1.02. The molecule has 0 unspecified atom stereocenters. The number of aromatic nitrogens is 1. The van der Waals surface area contributed by atoms with Crippen molar-refractivity contribution in [2.75, 3.05) is 31.4 Å². The summed E-state index contributed by atoms with van der Waals surface area (Å²) in [5, 5.41) is 5.63. The Morgan fingerprint density at radius 3 is 2.31 bits per heavy atom. The Labute approximate surface area is 96.1 Å². The van der Waals surface area contributed by atoms with Crippen molar-refractivity contribution >= 4 is 22.3 Å². The number of pyridine rings is 1. The molecule has 0 radical (unpaired) electrons. The van der Waals surface area contributed by atoms with Gasteiger partial charge in [-0.3, -0.25) is 0 Å². The minimum absolute atomic E-state index is 1.02. The summed E-state index contributed by atoms with van der Waals surface area (Å²) in [6, 6.07) is 8.34. The van der Waals surface area contributed by atoms with Gasteiger partial charge in [-0.2, -0.15) is 0 Å². The topological polar surface area (TPSA) is 28.2 Å². The molecule has 3 nitrogen and oxygen atoms in total. The van der Waals surface area contributed by atoms with Crippen molar-refractivity contribution in [3.05, 3.63) is 30.0 Å². The van der Waals surface area contributed by atoms with Crippen LogP contribution >= 0.6 is 0 Å². The van der Waals surface area contributed by atoms with Crippen LogP contribution in [-0.2, 0) is 0 Å². The first-order chi connectivity index (χ1) is 7.65. The molecule has 1 aromatic heterocycles. The van der Waals surface area contributed by atoms with E-state index in [0.717, 1.165) is 17.2 Å². The molecule has 0 amide bonds. The Balaban J connectivity index is 2.86. The minimum Gasteiger partial charge on any atom is -0.386 e. The number of rotatable bonds is 2. The maximum atomic E-state index is 4.64. The lowest BCUT2D eigenvalue weighted by Crippen LogP contribution is -2.12. The van der Waals surface area contributed by atoms with Gasteiger partial charge in [0.1, 0.15) is 5.82 Å². The molecule has 0 saturated carbocycles. The van der Waals surface area contributed by atoms with E-state index < -0.39 is 0 Å². The van der Waals surface area contributed by atoms with Gasteiger partial charge in [0.05, 0.1) is 11.4 Å². The molecule has 84 valence electrons. The first-order valence-corrected chi connectivity index (χ1v) is 5.39. The molecule has 0 spiro atoms. The molecular formula is C13H17N3. The zero-order valence-electron chi connectivity index (χ0n) is 10.2. The molecule has 3 heteroatoms. The normalized spacial score (nSPS) is 10.5. The highest BCUT2D eigenvalue weighted by Gasteiger charge is 2.10. The fourth-order valence-electron chi connectivity index (χ4n) is 2.02. The lowest BCUT2D eigenvalue weighted by Gasteiger charge is -2.18. The molecule has 0 fully saturated rings. The predicted octanol–water partition coefficient (Wildman–Crippen LogP) is 2.65. The average Bonchev–Trinajstić information content (AvgIpc) is 2.28. The second-order valence-corrected chi connectivity index (χ2v) is 4.09. The van der Waals surface area contributed by atoms with Crippen LogP contribution in [0.1, 0.15) is 5.69 Å². The highest BCUT2D eigenvalue weighted by Crippen LogP contribution is 2.31. The molecule has 2 rings (SSSR count). The quantitative estimate of drug-likeness (QED) is 0.834. The third kappa shape index (κ3) is 1.58. The predicted molar refractivity (Wildman–Crippen MR) is 70.4 cm³/mol. The van der Waals surface area contributed by atoms with Crippen LogP contribution in [0.5, 0.6) is 0 Å². The van der Waals surface area contributed by atoms with Crippen LogP contribution in [0.3, 0.4) is 0 Å². The summed E-state index contributed by atoms with van der Waals surface area (Å²) in [5.41, 5.74) is 2.14. The molecule has 0 aliphatic rings. The van der Waals surface area contributed by atoms with Gasteiger partial charge in [0, 0.05) is 31.9 Å². The van der Waals surface area contributed by atoms with Crippen LogP contribution in [0.25, 0.3) is 10.8 Å². The number of hydrogen-bond acceptors (Lipinski definition) is 3. The van der Waals surface area contributed by atoms with Crippen molar-refractivity contribution in [1.29, 1.82) is 0 Å². The molecule has 16 heavy (non-hydrogen) atoms. The molecule has 0 atom stereocenters. The van der Waals surface area contributed by atoms with E-state index in [2.05, 4.69) is 33.4 Å². The monoisotopic (exact) mass is 215 g/mol. The lowest BCUT2D eigenvalue weighted by atomic mass is 10.1. The largest absolute Gasteiger partial charge is 0.386 e. The van der Waals surface area contributed by atoms with Gasteiger partial charge < -0.3 is 10.2 Å². The van der Waals surface area contributed by atoms with Crippen molar-refractivity contribution < 1.29 is 0 Å². The number of benzene rings is 1. The van der Waals surface area contributed by atoms with Crippen molar-refractivity contribution in [2.45, 2.75) is 6.92 Å². The Morgan fingerprint density at radius 1 is 1.12 bits per heavy atom. The highest BCUT2D eigenvalue weighted by atomic mass is 15.1. The van der Waals surface area contributed by atoms with Gasteiger partial charge >= 0.3 is 0 Å². The molecule has 0 saturated heterocycles. The molecule has 2 aromatic rings. The maximum absolute atomic E-state index is 4.64. The standard InChI is InChI=1S/C13H17N3/c1-9-12(14-2)10-7-5-6-8-11(10)13(15-9)16(3)4/h5-8,14H,1-4H3. The van der Waals surface area contributed by atoms with Crippen molar-refractivity contribution in [2.24, 2.45) is 0 Å². The summed E-state index contributed by atoms with van der Waals surface area (Å²) >= 11 is 0. The first kappa shape index (κ1) is 10.7. The average molecular weight is 215 g/mol. The van der Waals surface area contributed by atoms with Gasteiger partial charge in [0.2, 0.25) is 0 Å². The second kappa shape index (κ2) is 4.00. The van der Waals surface area contributed by atoms with Crippen LogP contribution in [-0.4, -0.2) is 26.1 Å². The third-order valence-electron chi connectivity index (χ3n) is 2.75. The zero-order valence-corrected chi connectivity index (χ0v) is 10.2. The summed E-state index contributed by atoms with van der Waals surface area (Å²) in [4.78, 5) is 6.69. The van der Waals surface area contributed by atoms with Gasteiger partial charge in [-0.15, -0.1) is 0 Å². The fourth-order valence-corrected chi connectivity index (χ4v) is 2.02. The summed E-state index contributed by atoms with van der Waals surface area (Å²) in [7, 11) is 5.98. The van der Waals surface area contributed by atoms with Crippen molar-refractivity contribution in [3.8, 4) is 0 Å². The fraction of sp³-hybridized carbons (Fsp3) is 0.308. The molecule has 1 heterocycles. The Hall–Kier alpha value is -1.77. The van der Waals surface area contributed by atoms with E-state index in [1.807, 2.05) is 34.1 Å². The van der Waals surface area contributed by atoms with Crippen LogP contribution in [0.4, 0.5) is 11.5 Å². The molecule has 0 bridgehead atoms. The van der Waals surface area contributed by atoms with E-state index in [-0.39, 0.29) is 0 Å². The molecule has 1 aromatic carbocycles. The summed E-state index contributed by atoms with van der Waals surface area (Å²) < 4.78 is 0. The van der Waals surface area contributed by atoms with E-state index in [4.69, 9.17) is 0 Å². The molecule has 1 N–H and O–H groups in total. The van der Waals surface area contributed by atoms with Gasteiger partial charge in [-0.25, -0.2) is 4.98 Å². The van der Waals surface area contributed by atoms with E-state index in [1.54, 1.807) is 0 Å². The maximum Gasteiger partial charge on any atom is 0.136 e. The number of nitrogens with one attached hydrogen (secondary N) is 1.